The van der Waals surface area contributed by atoms with E-state index in [1.54, 1.807) is 6.20 Å². The fraction of sp³-hybridized carbons (Fsp3) is 0.533. The summed E-state index contributed by atoms with van der Waals surface area (Å²) in [5.41, 5.74) is 2.67. The van der Waals surface area contributed by atoms with Crippen LogP contribution in [0.2, 0.25) is 0 Å². The van der Waals surface area contributed by atoms with Crippen LogP contribution in [-0.4, -0.2) is 51.8 Å². The van der Waals surface area contributed by atoms with Crippen LogP contribution in [0.3, 0.4) is 0 Å². The molecule has 0 radical (unpaired) electrons. The first-order valence-electron chi connectivity index (χ1n) is 7.71. The Hall–Kier alpha value is -1.80. The predicted octanol–water partition coefficient (Wildman–Crippen LogP) is 1.42. The van der Waals surface area contributed by atoms with Crippen LogP contribution in [-0.2, 0) is 16.6 Å². The first kappa shape index (κ1) is 16.1. The highest BCUT2D eigenvalue weighted by Gasteiger charge is 2.31. The van der Waals surface area contributed by atoms with Crippen molar-refractivity contribution < 1.29 is 8.42 Å². The van der Waals surface area contributed by atoms with Crippen LogP contribution < -0.4 is 0 Å². The van der Waals surface area contributed by atoms with Crippen molar-refractivity contribution in [1.82, 2.24) is 24.1 Å². The molecule has 0 bridgehead atoms. The molecule has 1 atom stereocenters. The minimum absolute atomic E-state index is 0.0429. The van der Waals surface area contributed by atoms with Crippen LogP contribution >= 0.6 is 0 Å². The lowest BCUT2D eigenvalue weighted by molar-refractivity contribution is 0.476. The molecule has 0 N–H and O–H groups in total. The quantitative estimate of drug-likeness (QED) is 0.844. The lowest BCUT2D eigenvalue weighted by atomic mass is 10.1. The molecule has 23 heavy (non-hydrogen) atoms. The van der Waals surface area contributed by atoms with Gasteiger partial charge in [-0.05, 0) is 32.4 Å². The highest BCUT2D eigenvalue weighted by Crippen LogP contribution is 2.28. The summed E-state index contributed by atoms with van der Waals surface area (Å²) in [4.78, 5) is 9.23. The Bertz CT molecular complexity index is 815. The van der Waals surface area contributed by atoms with E-state index in [1.165, 1.54) is 10.6 Å². The first-order valence-corrected chi connectivity index (χ1v) is 9.56. The van der Waals surface area contributed by atoms with Crippen molar-refractivity contribution in [2.75, 3.05) is 19.3 Å². The van der Waals surface area contributed by atoms with Gasteiger partial charge in [-0.25, -0.2) is 22.7 Å². The van der Waals surface area contributed by atoms with Crippen LogP contribution in [0.15, 0.2) is 18.3 Å². The molecule has 8 heteroatoms. The normalized spacial score (nSPS) is 19.3. The van der Waals surface area contributed by atoms with Gasteiger partial charge in [-0.3, -0.25) is 4.68 Å². The summed E-state index contributed by atoms with van der Waals surface area (Å²) in [5.74, 6) is 0.761. The Morgan fingerprint density at radius 3 is 2.78 bits per heavy atom. The molecular weight excluding hydrogens is 314 g/mol. The Morgan fingerprint density at radius 2 is 2.13 bits per heavy atom. The first-order chi connectivity index (χ1) is 10.9. The molecule has 0 saturated carbocycles. The van der Waals surface area contributed by atoms with E-state index in [1.807, 2.05) is 30.7 Å². The SMILES string of the molecule is CCn1nccc1-c1cc(C)nc([C@@H]2CCN(S(C)(=O)=O)C2)n1. The van der Waals surface area contributed by atoms with E-state index in [0.717, 1.165) is 35.9 Å². The van der Waals surface area contributed by atoms with Gasteiger partial charge in [0.25, 0.3) is 0 Å². The molecule has 3 heterocycles. The zero-order valence-electron chi connectivity index (χ0n) is 13.6. The van der Waals surface area contributed by atoms with Crippen LogP contribution in [0, 0.1) is 6.92 Å². The molecule has 1 fully saturated rings. The maximum Gasteiger partial charge on any atom is 0.211 e. The molecule has 3 rings (SSSR count). The summed E-state index contributed by atoms with van der Waals surface area (Å²) < 4.78 is 26.8. The minimum atomic E-state index is -3.15. The summed E-state index contributed by atoms with van der Waals surface area (Å²) in [5, 5.41) is 4.28. The van der Waals surface area contributed by atoms with Gasteiger partial charge in [-0.1, -0.05) is 0 Å². The lowest BCUT2D eigenvalue weighted by Gasteiger charge is -2.14. The second kappa shape index (κ2) is 6.01. The molecule has 7 nitrogen and oxygen atoms in total. The third-order valence-electron chi connectivity index (χ3n) is 4.14. The zero-order chi connectivity index (χ0) is 16.6. The maximum absolute atomic E-state index is 11.7. The standard InChI is InChI=1S/C15H21N5O2S/c1-4-20-14(5-7-16-20)13-9-11(2)17-15(18-13)12-6-8-19(10-12)23(3,21)22/h5,7,9,12H,4,6,8,10H2,1-3H3/t12-/m1/s1. The molecular formula is C15H21N5O2S. The van der Waals surface area contributed by atoms with Crippen molar-refractivity contribution in [3.8, 4) is 11.4 Å². The van der Waals surface area contributed by atoms with Crippen LogP contribution in [0.4, 0.5) is 0 Å². The van der Waals surface area contributed by atoms with Crippen LogP contribution in [0.1, 0.15) is 30.8 Å². The minimum Gasteiger partial charge on any atom is -0.264 e. The summed E-state index contributed by atoms with van der Waals surface area (Å²) in [6.45, 7) is 5.72. The second-order valence-electron chi connectivity index (χ2n) is 5.89. The topological polar surface area (TPSA) is 81.0 Å². The van der Waals surface area contributed by atoms with E-state index < -0.39 is 10.0 Å². The molecule has 0 amide bonds. The number of aryl methyl sites for hydroxylation is 2. The van der Waals surface area contributed by atoms with E-state index >= 15 is 0 Å². The molecule has 0 aromatic carbocycles. The van der Waals surface area contributed by atoms with Crippen LogP contribution in [0.25, 0.3) is 11.4 Å². The van der Waals surface area contributed by atoms with Crippen molar-refractivity contribution >= 4 is 10.0 Å². The van der Waals surface area contributed by atoms with E-state index in [-0.39, 0.29) is 5.92 Å². The Morgan fingerprint density at radius 1 is 1.35 bits per heavy atom. The summed E-state index contributed by atoms with van der Waals surface area (Å²) in [7, 11) is -3.15. The van der Waals surface area contributed by atoms with E-state index in [4.69, 9.17) is 0 Å². The fourth-order valence-corrected chi connectivity index (χ4v) is 3.84. The highest BCUT2D eigenvalue weighted by molar-refractivity contribution is 7.88. The van der Waals surface area contributed by atoms with Crippen molar-refractivity contribution in [1.29, 1.82) is 0 Å². The third-order valence-corrected chi connectivity index (χ3v) is 5.40. The molecule has 1 aliphatic heterocycles. The number of rotatable bonds is 4. The summed E-state index contributed by atoms with van der Waals surface area (Å²) >= 11 is 0. The average molecular weight is 335 g/mol. The molecule has 2 aromatic heterocycles. The van der Waals surface area contributed by atoms with E-state index in [2.05, 4.69) is 15.1 Å². The van der Waals surface area contributed by atoms with Crippen LogP contribution in [0.5, 0.6) is 0 Å². The number of hydrogen-bond acceptors (Lipinski definition) is 5. The van der Waals surface area contributed by atoms with E-state index in [9.17, 15) is 8.42 Å². The van der Waals surface area contributed by atoms with Crippen molar-refractivity contribution in [2.24, 2.45) is 0 Å². The predicted molar refractivity (Wildman–Crippen MR) is 87.4 cm³/mol. The van der Waals surface area contributed by atoms with Gasteiger partial charge in [-0.15, -0.1) is 0 Å². The smallest absolute Gasteiger partial charge is 0.211 e. The average Bonchev–Trinajstić information content (AvgIpc) is 3.15. The van der Waals surface area contributed by atoms with Gasteiger partial charge in [-0.2, -0.15) is 5.10 Å². The zero-order valence-corrected chi connectivity index (χ0v) is 14.4. The largest absolute Gasteiger partial charge is 0.264 e. The summed E-state index contributed by atoms with van der Waals surface area (Å²) in [6, 6.07) is 3.88. The highest BCUT2D eigenvalue weighted by atomic mass is 32.2. The van der Waals surface area contributed by atoms with Crippen molar-refractivity contribution in [2.45, 2.75) is 32.7 Å². The number of nitrogens with zero attached hydrogens (tertiary/aromatic N) is 5. The third kappa shape index (κ3) is 3.28. The molecule has 0 aliphatic carbocycles. The number of sulfonamides is 1. The van der Waals surface area contributed by atoms with E-state index in [0.29, 0.717) is 13.1 Å². The molecule has 0 unspecified atom stereocenters. The second-order valence-corrected chi connectivity index (χ2v) is 7.87. The van der Waals surface area contributed by atoms with Gasteiger partial charge in [0.15, 0.2) is 0 Å². The monoisotopic (exact) mass is 335 g/mol. The molecule has 0 spiro atoms. The molecule has 1 saturated heterocycles. The van der Waals surface area contributed by atoms with Crippen molar-refractivity contribution in [3.63, 3.8) is 0 Å². The van der Waals surface area contributed by atoms with Gasteiger partial charge >= 0.3 is 0 Å². The Kier molecular flexibility index (Phi) is 4.20. The Balaban J connectivity index is 1.93. The lowest BCUT2D eigenvalue weighted by Crippen LogP contribution is -2.27. The van der Waals surface area contributed by atoms with Crippen molar-refractivity contribution in [3.05, 3.63) is 29.8 Å². The number of aromatic nitrogens is 4. The van der Waals surface area contributed by atoms with Gasteiger partial charge in [0.05, 0.1) is 17.6 Å². The Labute approximate surface area is 136 Å². The maximum atomic E-state index is 11.7. The van der Waals surface area contributed by atoms with Gasteiger partial charge < -0.3 is 0 Å². The fourth-order valence-electron chi connectivity index (χ4n) is 2.95. The van der Waals surface area contributed by atoms with Gasteiger partial charge in [0.2, 0.25) is 10.0 Å². The summed E-state index contributed by atoms with van der Waals surface area (Å²) in [6.07, 6.45) is 3.76. The molecule has 124 valence electrons. The molecule has 1 aliphatic rings. The van der Waals surface area contributed by atoms with Gasteiger partial charge in [0.1, 0.15) is 5.82 Å². The molecule has 2 aromatic rings. The van der Waals surface area contributed by atoms with Gasteiger partial charge in [0, 0.05) is 37.4 Å². The number of hydrogen-bond donors (Lipinski definition) is 0.